The lowest BCUT2D eigenvalue weighted by Crippen LogP contribution is -2.61. The first-order valence-electron chi connectivity index (χ1n) is 15.1. The summed E-state index contributed by atoms with van der Waals surface area (Å²) in [5.41, 5.74) is -1.20. The summed E-state index contributed by atoms with van der Waals surface area (Å²) in [7, 11) is 0. The Bertz CT molecular complexity index is 1170. The van der Waals surface area contributed by atoms with Gasteiger partial charge in [0.25, 0.3) is 0 Å². The van der Waals surface area contributed by atoms with Gasteiger partial charge in [0.2, 0.25) is 17.7 Å². The lowest BCUT2D eigenvalue weighted by atomic mass is 9.70. The molecule has 10 heteroatoms. The third-order valence-electron chi connectivity index (χ3n) is 8.49. The van der Waals surface area contributed by atoms with Crippen LogP contribution in [0.2, 0.25) is 0 Å². The van der Waals surface area contributed by atoms with Crippen LogP contribution in [0.15, 0.2) is 24.3 Å². The summed E-state index contributed by atoms with van der Waals surface area (Å²) in [6.45, 7) is 16.5. The lowest BCUT2D eigenvalue weighted by Gasteiger charge is -2.40. The van der Waals surface area contributed by atoms with Crippen LogP contribution < -0.4 is 15.4 Å². The van der Waals surface area contributed by atoms with Gasteiger partial charge in [0.15, 0.2) is 0 Å². The van der Waals surface area contributed by atoms with Crippen LogP contribution in [0.25, 0.3) is 0 Å². The number of likely N-dealkylation sites (tertiary alicyclic amines) is 1. The highest BCUT2D eigenvalue weighted by Crippen LogP contribution is 2.60. The zero-order valence-corrected chi connectivity index (χ0v) is 27.8. The predicted octanol–water partition coefficient (Wildman–Crippen LogP) is 4.51. The van der Waals surface area contributed by atoms with Crippen LogP contribution in [-0.2, 0) is 19.1 Å². The minimum Gasteiger partial charge on any atom is -0.494 e. The van der Waals surface area contributed by atoms with Crippen molar-refractivity contribution < 1.29 is 29.0 Å². The largest absolute Gasteiger partial charge is 0.494 e. The first-order chi connectivity index (χ1) is 19.5. The number of rotatable bonds is 11. The molecule has 1 aromatic carbocycles. The van der Waals surface area contributed by atoms with Crippen LogP contribution in [0, 0.1) is 23.2 Å². The smallest absolute Gasteiger partial charge is 0.246 e. The second kappa shape index (κ2) is 12.1. The van der Waals surface area contributed by atoms with Crippen molar-refractivity contribution in [3.8, 4) is 5.75 Å². The molecule has 3 amide bonds. The van der Waals surface area contributed by atoms with Gasteiger partial charge in [-0.15, -0.1) is 0 Å². The maximum absolute atomic E-state index is 14.4. The fourth-order valence-electron chi connectivity index (χ4n) is 7.68. The molecule has 42 heavy (non-hydrogen) atoms. The number of aliphatic hydroxyl groups is 1. The molecule has 3 N–H and O–H groups in total. The van der Waals surface area contributed by atoms with Crippen LogP contribution in [0.1, 0.15) is 74.7 Å². The van der Waals surface area contributed by atoms with Crippen molar-refractivity contribution >= 4 is 39.3 Å². The lowest BCUT2D eigenvalue weighted by molar-refractivity contribution is -0.146. The van der Waals surface area contributed by atoms with E-state index >= 15 is 0 Å². The van der Waals surface area contributed by atoms with Gasteiger partial charge in [-0.3, -0.25) is 14.4 Å². The summed E-state index contributed by atoms with van der Waals surface area (Å²) < 4.78 is 12.1. The van der Waals surface area contributed by atoms with E-state index in [-0.39, 0.29) is 40.5 Å². The van der Waals surface area contributed by atoms with E-state index in [1.807, 2.05) is 34.6 Å². The molecule has 3 heterocycles. The number of hydrogen-bond acceptors (Lipinski definition) is 6. The average molecular weight is 651 g/mol. The Morgan fingerprint density at radius 1 is 1.17 bits per heavy atom. The second-order valence-corrected chi connectivity index (χ2v) is 15.6. The number of fused-ring (bicyclic) bond motifs is 1. The maximum atomic E-state index is 14.4. The molecule has 9 nitrogen and oxygen atoms in total. The topological polar surface area (TPSA) is 117 Å². The van der Waals surface area contributed by atoms with E-state index in [2.05, 4.69) is 47.3 Å². The average Bonchev–Trinajstić information content (AvgIpc) is 3.45. The van der Waals surface area contributed by atoms with Crippen LogP contribution in [0.4, 0.5) is 5.69 Å². The van der Waals surface area contributed by atoms with Gasteiger partial charge in [-0.1, -0.05) is 50.5 Å². The molecule has 1 aromatic rings. The highest BCUT2D eigenvalue weighted by Gasteiger charge is 2.77. The number of amides is 3. The molecule has 0 saturated carbocycles. The Morgan fingerprint density at radius 2 is 1.81 bits per heavy atom. The van der Waals surface area contributed by atoms with Gasteiger partial charge < -0.3 is 30.1 Å². The van der Waals surface area contributed by atoms with Gasteiger partial charge in [0.1, 0.15) is 17.4 Å². The molecule has 1 spiro atoms. The highest BCUT2D eigenvalue weighted by atomic mass is 79.9. The fourth-order valence-corrected chi connectivity index (χ4v) is 8.62. The van der Waals surface area contributed by atoms with E-state index in [1.165, 1.54) is 0 Å². The first-order valence-corrected chi connectivity index (χ1v) is 16.1. The minimum absolute atomic E-state index is 0.0403. The molecule has 4 rings (SSSR count). The monoisotopic (exact) mass is 649 g/mol. The van der Waals surface area contributed by atoms with Crippen molar-refractivity contribution in [1.29, 1.82) is 0 Å². The molecular weight excluding hydrogens is 602 g/mol. The Balaban J connectivity index is 1.70. The SMILES string of the molecule is CCOc1ccc(NC(=O)[C@H]2[C@@H]3OC4(CC3Br)C(C(=O)NC(C)(C)CC(C)(C)C)N([C@@H](CO)CC(C)C)C(=O)[C@H]24)cc1. The van der Waals surface area contributed by atoms with E-state index < -0.39 is 41.2 Å². The van der Waals surface area contributed by atoms with Gasteiger partial charge in [-0.2, -0.15) is 0 Å². The van der Waals surface area contributed by atoms with E-state index in [0.717, 1.165) is 6.42 Å². The van der Waals surface area contributed by atoms with E-state index in [9.17, 15) is 19.5 Å². The van der Waals surface area contributed by atoms with Crippen molar-refractivity contribution in [3.63, 3.8) is 0 Å². The summed E-state index contributed by atoms with van der Waals surface area (Å²) >= 11 is 3.73. The zero-order valence-electron chi connectivity index (χ0n) is 26.2. The van der Waals surface area contributed by atoms with Gasteiger partial charge in [-0.25, -0.2) is 0 Å². The summed E-state index contributed by atoms with van der Waals surface area (Å²) in [6.07, 6.45) is 1.08. The summed E-state index contributed by atoms with van der Waals surface area (Å²) in [5, 5.41) is 16.7. The van der Waals surface area contributed by atoms with Crippen molar-refractivity contribution in [2.45, 2.75) is 109 Å². The number of hydrogen-bond donors (Lipinski definition) is 3. The molecule has 7 atom stereocenters. The number of aliphatic hydroxyl groups excluding tert-OH is 1. The quantitative estimate of drug-likeness (QED) is 0.304. The molecule has 3 fully saturated rings. The number of benzene rings is 1. The Hall–Kier alpha value is -2.17. The number of halogens is 1. The van der Waals surface area contributed by atoms with Crippen LogP contribution in [0.5, 0.6) is 5.75 Å². The van der Waals surface area contributed by atoms with E-state index in [0.29, 0.717) is 30.9 Å². The van der Waals surface area contributed by atoms with Gasteiger partial charge in [-0.05, 0) is 75.6 Å². The molecule has 0 radical (unpaired) electrons. The van der Waals surface area contributed by atoms with Crippen LogP contribution in [0.3, 0.4) is 0 Å². The number of carbonyl (C=O) groups excluding carboxylic acids is 3. The van der Waals surface area contributed by atoms with Crippen molar-refractivity contribution in [1.82, 2.24) is 10.2 Å². The second-order valence-electron chi connectivity index (χ2n) is 14.4. The van der Waals surface area contributed by atoms with Gasteiger partial charge in [0.05, 0.1) is 37.2 Å². The van der Waals surface area contributed by atoms with Crippen LogP contribution in [-0.4, -0.2) is 75.1 Å². The van der Waals surface area contributed by atoms with Crippen molar-refractivity contribution in [2.24, 2.45) is 23.2 Å². The highest BCUT2D eigenvalue weighted by molar-refractivity contribution is 9.09. The Labute approximate surface area is 258 Å². The van der Waals surface area contributed by atoms with Crippen molar-refractivity contribution in [3.05, 3.63) is 24.3 Å². The molecule has 0 aliphatic carbocycles. The number of alkyl halides is 1. The number of carbonyl (C=O) groups is 3. The zero-order chi connectivity index (χ0) is 31.2. The Morgan fingerprint density at radius 3 is 2.36 bits per heavy atom. The number of nitrogens with zero attached hydrogens (tertiary/aromatic N) is 1. The molecule has 2 bridgehead atoms. The summed E-state index contributed by atoms with van der Waals surface area (Å²) in [6, 6.07) is 5.54. The van der Waals surface area contributed by atoms with Crippen molar-refractivity contribution in [2.75, 3.05) is 18.5 Å². The Kier molecular flexibility index (Phi) is 9.41. The third kappa shape index (κ3) is 6.36. The summed E-state index contributed by atoms with van der Waals surface area (Å²) in [4.78, 5) is 43.9. The first kappa shape index (κ1) is 32.7. The minimum atomic E-state index is -1.19. The molecular formula is C32H48BrN3O6. The molecule has 3 unspecified atom stereocenters. The third-order valence-corrected chi connectivity index (χ3v) is 9.34. The molecule has 0 aromatic heterocycles. The van der Waals surface area contributed by atoms with E-state index in [1.54, 1.807) is 29.2 Å². The fraction of sp³-hybridized carbons (Fsp3) is 0.719. The normalized spacial score (nSPS) is 29.5. The predicted molar refractivity (Wildman–Crippen MR) is 165 cm³/mol. The summed E-state index contributed by atoms with van der Waals surface area (Å²) in [5.74, 6) is -1.72. The number of nitrogens with one attached hydrogen (secondary N) is 2. The molecule has 3 aliphatic heterocycles. The number of anilines is 1. The molecule has 234 valence electrons. The standard InChI is InChI=1S/C32H48BrN3O6/c1-9-41-21-12-10-19(11-13-21)34-27(38)23-24-29(40)36(20(16-37)14-18(2)3)26(32(24)15-22(33)25(23)42-32)28(39)35-31(7,8)17-30(4,5)6/h10-13,18,20,22-26,37H,9,14-17H2,1-8H3,(H,34,38)(H,35,39)/t20-,22?,23-,24+,25-,26?,32?/m1/s1. The van der Waals surface area contributed by atoms with Crippen LogP contribution >= 0.6 is 15.9 Å². The molecule has 3 saturated heterocycles. The van der Waals surface area contributed by atoms with E-state index in [4.69, 9.17) is 9.47 Å². The van der Waals surface area contributed by atoms with Gasteiger partial charge >= 0.3 is 0 Å². The molecule has 3 aliphatic rings. The maximum Gasteiger partial charge on any atom is 0.246 e. The van der Waals surface area contributed by atoms with Gasteiger partial charge in [0, 0.05) is 16.1 Å². The number of ether oxygens (including phenoxy) is 2.